The molecule has 4 aromatic rings. The zero-order valence-corrected chi connectivity index (χ0v) is 17.5. The van der Waals surface area contributed by atoms with Crippen molar-refractivity contribution in [2.75, 3.05) is 10.6 Å². The van der Waals surface area contributed by atoms with E-state index in [0.29, 0.717) is 27.9 Å². The van der Waals surface area contributed by atoms with Crippen LogP contribution in [0.3, 0.4) is 0 Å². The summed E-state index contributed by atoms with van der Waals surface area (Å²) < 4.78 is 10.9. The van der Waals surface area contributed by atoms with Crippen molar-refractivity contribution >= 4 is 45.2 Å². The van der Waals surface area contributed by atoms with Crippen molar-refractivity contribution in [3.8, 4) is 5.75 Å². The van der Waals surface area contributed by atoms with Crippen LogP contribution in [0.15, 0.2) is 64.0 Å². The molecule has 0 radical (unpaired) electrons. The predicted octanol–water partition coefficient (Wildman–Crippen LogP) is 5.19. The van der Waals surface area contributed by atoms with Crippen molar-refractivity contribution in [1.82, 2.24) is 4.98 Å². The van der Waals surface area contributed by atoms with Crippen molar-refractivity contribution < 1.29 is 18.7 Å². The number of nitrogens with zero attached hydrogens (tertiary/aromatic N) is 1. The summed E-state index contributed by atoms with van der Waals surface area (Å²) in [5.41, 5.74) is 3.89. The molecular weight excluding hydrogens is 422 g/mol. The number of amides is 2. The number of thiophene rings is 1. The fourth-order valence-electron chi connectivity index (χ4n) is 2.69. The van der Waals surface area contributed by atoms with Crippen LogP contribution in [0.2, 0.25) is 0 Å². The number of furan rings is 1. The van der Waals surface area contributed by atoms with E-state index in [4.69, 9.17) is 9.15 Å². The quantitative estimate of drug-likeness (QED) is 0.413. The first-order valence-corrected chi connectivity index (χ1v) is 10.7. The molecule has 7 nitrogen and oxygen atoms in total. The first-order valence-electron chi connectivity index (χ1n) is 8.95. The van der Waals surface area contributed by atoms with E-state index in [0.717, 1.165) is 11.3 Å². The van der Waals surface area contributed by atoms with Crippen LogP contribution in [0, 0.1) is 6.92 Å². The Balaban J connectivity index is 1.45. The van der Waals surface area contributed by atoms with Gasteiger partial charge in [0, 0.05) is 5.38 Å². The van der Waals surface area contributed by atoms with E-state index in [1.54, 1.807) is 35.8 Å². The molecule has 0 bridgehead atoms. The molecule has 0 unspecified atom stereocenters. The van der Waals surface area contributed by atoms with Gasteiger partial charge < -0.3 is 19.8 Å². The van der Waals surface area contributed by atoms with E-state index in [1.165, 1.54) is 28.9 Å². The van der Waals surface area contributed by atoms with E-state index in [1.807, 2.05) is 24.4 Å². The molecule has 3 aromatic heterocycles. The maximum absolute atomic E-state index is 12.8. The summed E-state index contributed by atoms with van der Waals surface area (Å²) in [5, 5.41) is 8.11. The third-order valence-electron chi connectivity index (χ3n) is 4.10. The Morgan fingerprint density at radius 2 is 2.00 bits per heavy atom. The van der Waals surface area contributed by atoms with Crippen LogP contribution in [0.25, 0.3) is 0 Å². The summed E-state index contributed by atoms with van der Waals surface area (Å²) in [7, 11) is 0. The summed E-state index contributed by atoms with van der Waals surface area (Å²) in [5.74, 6) is 0.118. The molecule has 2 N–H and O–H groups in total. The largest absolute Gasteiger partial charge is 0.485 e. The highest BCUT2D eigenvalue weighted by Crippen LogP contribution is 2.30. The second kappa shape index (κ2) is 8.93. The molecule has 0 spiro atoms. The Morgan fingerprint density at radius 1 is 1.13 bits per heavy atom. The number of rotatable bonds is 7. The standard InChI is InChI=1S/C21H17N3O4S2/c1-13-9-18(24-20(25)17-7-4-8-27-17)30-19(13)21(26)23-15-5-2-3-6-16(15)28-10-14-11-29-12-22-14/h2-9,11-12H,10H2,1H3,(H,23,26)(H,24,25). The molecule has 1 aromatic carbocycles. The maximum atomic E-state index is 12.8. The van der Waals surface area contributed by atoms with Gasteiger partial charge in [-0.25, -0.2) is 4.98 Å². The van der Waals surface area contributed by atoms with Gasteiger partial charge in [0.1, 0.15) is 12.4 Å². The number of carbonyl (C=O) groups excluding carboxylic acids is 2. The van der Waals surface area contributed by atoms with E-state index in [2.05, 4.69) is 15.6 Å². The lowest BCUT2D eigenvalue weighted by atomic mass is 10.2. The molecule has 4 rings (SSSR count). The summed E-state index contributed by atoms with van der Waals surface area (Å²) in [6, 6.07) is 12.2. The number of ether oxygens (including phenoxy) is 1. The fourth-order valence-corrected chi connectivity index (χ4v) is 4.19. The molecule has 3 heterocycles. The second-order valence-corrected chi connectivity index (χ2v) is 8.04. The molecule has 2 amide bonds. The van der Waals surface area contributed by atoms with Crippen molar-refractivity contribution in [2.45, 2.75) is 13.5 Å². The summed E-state index contributed by atoms with van der Waals surface area (Å²) in [6.07, 6.45) is 1.43. The molecule has 0 aliphatic carbocycles. The van der Waals surface area contributed by atoms with Crippen molar-refractivity contribution in [3.05, 3.63) is 81.5 Å². The smallest absolute Gasteiger partial charge is 0.291 e. The fraction of sp³-hybridized carbons (Fsp3) is 0.0952. The number of aryl methyl sites for hydroxylation is 1. The number of anilines is 2. The number of nitrogens with one attached hydrogen (secondary N) is 2. The molecule has 0 fully saturated rings. The van der Waals surface area contributed by atoms with Crippen molar-refractivity contribution in [2.24, 2.45) is 0 Å². The number of para-hydroxylation sites is 2. The highest BCUT2D eigenvalue weighted by atomic mass is 32.1. The zero-order valence-electron chi connectivity index (χ0n) is 15.9. The Hall–Kier alpha value is -3.43. The van der Waals surface area contributed by atoms with Gasteiger partial charge in [0.15, 0.2) is 5.76 Å². The van der Waals surface area contributed by atoms with Gasteiger partial charge in [-0.3, -0.25) is 9.59 Å². The number of carbonyl (C=O) groups is 2. The number of hydrogen-bond acceptors (Lipinski definition) is 7. The molecule has 0 aliphatic heterocycles. The Bertz CT molecular complexity index is 1150. The Labute approximate surface area is 180 Å². The number of hydrogen-bond donors (Lipinski definition) is 2. The number of thiazole rings is 1. The second-order valence-electron chi connectivity index (χ2n) is 6.27. The lowest BCUT2D eigenvalue weighted by molar-refractivity contribution is 0.0995. The van der Waals surface area contributed by atoms with Crippen LogP contribution in [0.5, 0.6) is 5.75 Å². The first kappa shape index (κ1) is 19.9. The predicted molar refractivity (Wildman–Crippen MR) is 117 cm³/mol. The number of aromatic nitrogens is 1. The molecule has 30 heavy (non-hydrogen) atoms. The maximum Gasteiger partial charge on any atom is 0.291 e. The van der Waals surface area contributed by atoms with Crippen LogP contribution < -0.4 is 15.4 Å². The minimum Gasteiger partial charge on any atom is -0.485 e. The highest BCUT2D eigenvalue weighted by Gasteiger charge is 2.18. The van der Waals surface area contributed by atoms with Crippen LogP contribution in [0.1, 0.15) is 31.5 Å². The number of benzene rings is 1. The van der Waals surface area contributed by atoms with Crippen LogP contribution in [-0.4, -0.2) is 16.8 Å². The van der Waals surface area contributed by atoms with Gasteiger partial charge in [-0.15, -0.1) is 22.7 Å². The molecule has 0 aliphatic rings. The van der Waals surface area contributed by atoms with Gasteiger partial charge in [-0.2, -0.15) is 0 Å². The zero-order chi connectivity index (χ0) is 20.9. The average molecular weight is 440 g/mol. The Kier molecular flexibility index (Phi) is 5.92. The van der Waals surface area contributed by atoms with Crippen LogP contribution >= 0.6 is 22.7 Å². The molecule has 9 heteroatoms. The lowest BCUT2D eigenvalue weighted by Gasteiger charge is -2.11. The van der Waals surface area contributed by atoms with Crippen molar-refractivity contribution in [3.63, 3.8) is 0 Å². The topological polar surface area (TPSA) is 93.5 Å². The van der Waals surface area contributed by atoms with Gasteiger partial charge in [-0.05, 0) is 42.8 Å². The third-order valence-corrected chi connectivity index (χ3v) is 5.89. The minimum atomic E-state index is -0.367. The third kappa shape index (κ3) is 4.58. The highest BCUT2D eigenvalue weighted by molar-refractivity contribution is 7.18. The van der Waals surface area contributed by atoms with E-state index in [-0.39, 0.29) is 17.6 Å². The summed E-state index contributed by atoms with van der Waals surface area (Å²) >= 11 is 2.69. The van der Waals surface area contributed by atoms with Crippen LogP contribution in [0.4, 0.5) is 10.7 Å². The molecule has 152 valence electrons. The molecule has 0 saturated heterocycles. The summed E-state index contributed by atoms with van der Waals surface area (Å²) in [4.78, 5) is 29.7. The molecular formula is C21H17N3O4S2. The van der Waals surface area contributed by atoms with Gasteiger partial charge >= 0.3 is 0 Å². The average Bonchev–Trinajstić information content (AvgIpc) is 3.49. The van der Waals surface area contributed by atoms with E-state index < -0.39 is 0 Å². The molecule has 0 saturated carbocycles. The lowest BCUT2D eigenvalue weighted by Crippen LogP contribution is -2.12. The summed E-state index contributed by atoms with van der Waals surface area (Å²) in [6.45, 7) is 2.13. The SMILES string of the molecule is Cc1cc(NC(=O)c2ccco2)sc1C(=O)Nc1ccccc1OCc1cscn1. The van der Waals surface area contributed by atoms with Gasteiger partial charge in [0.25, 0.3) is 11.8 Å². The van der Waals surface area contributed by atoms with Gasteiger partial charge in [-0.1, -0.05) is 12.1 Å². The normalized spacial score (nSPS) is 10.6. The first-order chi connectivity index (χ1) is 14.6. The molecule has 0 atom stereocenters. The van der Waals surface area contributed by atoms with Crippen molar-refractivity contribution in [1.29, 1.82) is 0 Å². The van der Waals surface area contributed by atoms with Crippen LogP contribution in [-0.2, 0) is 6.61 Å². The van der Waals surface area contributed by atoms with E-state index >= 15 is 0 Å². The minimum absolute atomic E-state index is 0.207. The monoisotopic (exact) mass is 439 g/mol. The Morgan fingerprint density at radius 3 is 2.77 bits per heavy atom. The van der Waals surface area contributed by atoms with Gasteiger partial charge in [0.05, 0.1) is 33.0 Å². The van der Waals surface area contributed by atoms with E-state index in [9.17, 15) is 9.59 Å². The van der Waals surface area contributed by atoms with Gasteiger partial charge in [0.2, 0.25) is 0 Å².